The number of carbonyl (C=O) groups excluding carboxylic acids is 2. The van der Waals surface area contributed by atoms with Gasteiger partial charge < -0.3 is 15.5 Å². The van der Waals surface area contributed by atoms with Gasteiger partial charge in [-0.25, -0.2) is 0 Å². The Kier molecular flexibility index (Phi) is 6.77. The third kappa shape index (κ3) is 5.49. The maximum absolute atomic E-state index is 12.7. The molecule has 0 bridgehead atoms. The van der Waals surface area contributed by atoms with Crippen molar-refractivity contribution in [2.45, 2.75) is 26.8 Å². The van der Waals surface area contributed by atoms with Crippen LogP contribution in [0.3, 0.4) is 0 Å². The summed E-state index contributed by atoms with van der Waals surface area (Å²) in [6.45, 7) is 8.80. The lowest BCUT2D eigenvalue weighted by Gasteiger charge is -2.39. The van der Waals surface area contributed by atoms with Crippen molar-refractivity contribution >= 4 is 40.5 Å². The highest BCUT2D eigenvalue weighted by molar-refractivity contribution is 6.30. The zero-order valence-electron chi connectivity index (χ0n) is 17.0. The van der Waals surface area contributed by atoms with Crippen LogP contribution in [0, 0.1) is 6.92 Å². The van der Waals surface area contributed by atoms with Gasteiger partial charge in [0.05, 0.1) is 6.04 Å². The van der Waals surface area contributed by atoms with Gasteiger partial charge in [0.1, 0.15) is 0 Å². The van der Waals surface area contributed by atoms with Gasteiger partial charge in [-0.3, -0.25) is 14.5 Å². The van der Waals surface area contributed by atoms with Crippen molar-refractivity contribution in [1.29, 1.82) is 0 Å². The minimum absolute atomic E-state index is 0.0373. The average molecular weight is 415 g/mol. The first kappa shape index (κ1) is 21.1. The van der Waals surface area contributed by atoms with Gasteiger partial charge in [-0.2, -0.15) is 0 Å². The Morgan fingerprint density at radius 1 is 0.966 bits per heavy atom. The van der Waals surface area contributed by atoms with Crippen molar-refractivity contribution in [1.82, 2.24) is 4.90 Å². The Labute approximate surface area is 176 Å². The van der Waals surface area contributed by atoms with E-state index in [9.17, 15) is 9.59 Å². The molecule has 2 aromatic carbocycles. The Morgan fingerprint density at radius 3 is 2.14 bits per heavy atom. The highest BCUT2D eigenvalue weighted by Gasteiger charge is 2.26. The molecule has 6 nitrogen and oxygen atoms in total. The van der Waals surface area contributed by atoms with E-state index in [1.54, 1.807) is 24.3 Å². The van der Waals surface area contributed by atoms with Gasteiger partial charge in [0.15, 0.2) is 0 Å². The van der Waals surface area contributed by atoms with Crippen molar-refractivity contribution in [3.05, 3.63) is 53.1 Å². The van der Waals surface area contributed by atoms with Gasteiger partial charge in [-0.05, 0) is 55.8 Å². The standard InChI is InChI=1S/C22H27ClN4O2/c1-15-4-5-18(23)14-21(15)27-12-10-26(11-13-27)16(2)22(29)25-20-8-6-19(7-9-20)24-17(3)28/h4-9,14,16H,10-13H2,1-3H3,(H,24,28)(H,25,29). The van der Waals surface area contributed by atoms with Gasteiger partial charge in [0.25, 0.3) is 0 Å². The number of rotatable bonds is 5. The van der Waals surface area contributed by atoms with Crippen molar-refractivity contribution in [3.63, 3.8) is 0 Å². The van der Waals surface area contributed by atoms with Gasteiger partial charge >= 0.3 is 0 Å². The second-order valence-electron chi connectivity index (χ2n) is 7.38. The van der Waals surface area contributed by atoms with Crippen molar-refractivity contribution in [2.75, 3.05) is 41.7 Å². The fourth-order valence-electron chi connectivity index (χ4n) is 3.53. The molecule has 2 N–H and O–H groups in total. The molecular formula is C22H27ClN4O2. The lowest BCUT2D eigenvalue weighted by atomic mass is 10.1. The van der Waals surface area contributed by atoms with E-state index in [-0.39, 0.29) is 17.9 Å². The van der Waals surface area contributed by atoms with Crippen LogP contribution in [0.2, 0.25) is 5.02 Å². The van der Waals surface area contributed by atoms with Crippen LogP contribution in [0.4, 0.5) is 17.1 Å². The van der Waals surface area contributed by atoms with E-state index in [4.69, 9.17) is 11.6 Å². The van der Waals surface area contributed by atoms with Crippen molar-refractivity contribution in [3.8, 4) is 0 Å². The van der Waals surface area contributed by atoms with Crippen molar-refractivity contribution < 1.29 is 9.59 Å². The van der Waals surface area contributed by atoms with Crippen LogP contribution >= 0.6 is 11.6 Å². The molecule has 1 unspecified atom stereocenters. The highest BCUT2D eigenvalue weighted by atomic mass is 35.5. The van der Waals surface area contributed by atoms with E-state index in [1.165, 1.54) is 12.5 Å². The summed E-state index contributed by atoms with van der Waals surface area (Å²) in [4.78, 5) is 28.3. The molecule has 0 aliphatic carbocycles. The fourth-order valence-corrected chi connectivity index (χ4v) is 3.69. The van der Waals surface area contributed by atoms with Crippen LogP contribution in [-0.2, 0) is 9.59 Å². The molecule has 7 heteroatoms. The maximum Gasteiger partial charge on any atom is 0.241 e. The molecule has 1 aliphatic heterocycles. The van der Waals surface area contributed by atoms with Gasteiger partial charge in [-0.1, -0.05) is 17.7 Å². The van der Waals surface area contributed by atoms with Crippen molar-refractivity contribution in [2.24, 2.45) is 0 Å². The molecule has 0 aromatic heterocycles. The summed E-state index contributed by atoms with van der Waals surface area (Å²) in [6, 6.07) is 12.8. The minimum Gasteiger partial charge on any atom is -0.369 e. The number of carbonyl (C=O) groups is 2. The number of anilines is 3. The number of aryl methyl sites for hydroxylation is 1. The first-order valence-corrected chi connectivity index (χ1v) is 10.1. The van der Waals surface area contributed by atoms with Crippen LogP contribution in [0.15, 0.2) is 42.5 Å². The molecule has 154 valence electrons. The molecule has 0 spiro atoms. The number of hydrogen-bond acceptors (Lipinski definition) is 4. The predicted molar refractivity (Wildman–Crippen MR) is 119 cm³/mol. The number of nitrogens with zero attached hydrogens (tertiary/aromatic N) is 2. The molecule has 1 atom stereocenters. The predicted octanol–water partition coefficient (Wildman–Crippen LogP) is 3.76. The molecule has 1 fully saturated rings. The zero-order chi connectivity index (χ0) is 21.0. The molecule has 0 saturated carbocycles. The van der Waals surface area contributed by atoms with Crippen LogP contribution in [0.1, 0.15) is 19.4 Å². The Balaban J connectivity index is 1.54. The Hall–Kier alpha value is -2.57. The van der Waals surface area contributed by atoms with Gasteiger partial charge in [-0.15, -0.1) is 0 Å². The van der Waals surface area contributed by atoms with E-state index in [1.807, 2.05) is 25.1 Å². The monoisotopic (exact) mass is 414 g/mol. The molecule has 3 rings (SSSR count). The highest BCUT2D eigenvalue weighted by Crippen LogP contribution is 2.25. The fraction of sp³-hybridized carbons (Fsp3) is 0.364. The summed E-state index contributed by atoms with van der Waals surface area (Å²) in [5.74, 6) is -0.160. The third-order valence-corrected chi connectivity index (χ3v) is 5.46. The van der Waals surface area contributed by atoms with E-state index in [0.717, 1.165) is 36.9 Å². The molecule has 1 heterocycles. The first-order chi connectivity index (χ1) is 13.8. The summed E-state index contributed by atoms with van der Waals surface area (Å²) >= 11 is 6.16. The number of halogens is 1. The number of nitrogens with one attached hydrogen (secondary N) is 2. The first-order valence-electron chi connectivity index (χ1n) is 9.77. The zero-order valence-corrected chi connectivity index (χ0v) is 17.8. The molecule has 2 aromatic rings. The number of benzene rings is 2. The lowest BCUT2D eigenvalue weighted by Crippen LogP contribution is -2.53. The topological polar surface area (TPSA) is 64.7 Å². The number of piperazine rings is 1. The summed E-state index contributed by atoms with van der Waals surface area (Å²) in [7, 11) is 0. The average Bonchev–Trinajstić information content (AvgIpc) is 2.70. The molecule has 1 saturated heterocycles. The third-order valence-electron chi connectivity index (χ3n) is 5.23. The molecule has 2 amide bonds. The lowest BCUT2D eigenvalue weighted by molar-refractivity contribution is -0.121. The summed E-state index contributed by atoms with van der Waals surface area (Å²) in [5.41, 5.74) is 3.78. The normalized spacial score (nSPS) is 15.7. The summed E-state index contributed by atoms with van der Waals surface area (Å²) in [5, 5.41) is 6.41. The van der Waals surface area contributed by atoms with E-state index in [2.05, 4.69) is 27.4 Å². The summed E-state index contributed by atoms with van der Waals surface area (Å²) in [6.07, 6.45) is 0. The Bertz CT molecular complexity index is 877. The Morgan fingerprint density at radius 2 is 1.55 bits per heavy atom. The van der Waals surface area contributed by atoms with Gasteiger partial charge in [0, 0.05) is 55.2 Å². The van der Waals surface area contributed by atoms with Crippen LogP contribution < -0.4 is 15.5 Å². The van der Waals surface area contributed by atoms with E-state index in [0.29, 0.717) is 11.4 Å². The van der Waals surface area contributed by atoms with Crippen LogP contribution in [0.25, 0.3) is 0 Å². The van der Waals surface area contributed by atoms with E-state index >= 15 is 0 Å². The second kappa shape index (κ2) is 9.29. The number of amides is 2. The SMILES string of the molecule is CC(=O)Nc1ccc(NC(=O)C(C)N2CCN(c3cc(Cl)ccc3C)CC2)cc1. The smallest absolute Gasteiger partial charge is 0.241 e. The van der Waals surface area contributed by atoms with Crippen LogP contribution in [-0.4, -0.2) is 48.9 Å². The largest absolute Gasteiger partial charge is 0.369 e. The molecule has 1 aliphatic rings. The van der Waals surface area contributed by atoms with Gasteiger partial charge in [0.2, 0.25) is 11.8 Å². The molecule has 29 heavy (non-hydrogen) atoms. The maximum atomic E-state index is 12.7. The quantitative estimate of drug-likeness (QED) is 0.781. The molecule has 0 radical (unpaired) electrons. The van der Waals surface area contributed by atoms with Crippen LogP contribution in [0.5, 0.6) is 0 Å². The minimum atomic E-state index is -0.229. The second-order valence-corrected chi connectivity index (χ2v) is 7.81. The van der Waals surface area contributed by atoms with E-state index < -0.39 is 0 Å². The number of hydrogen-bond donors (Lipinski definition) is 2. The molecular weight excluding hydrogens is 388 g/mol. The summed E-state index contributed by atoms with van der Waals surface area (Å²) < 4.78 is 0.